The van der Waals surface area contributed by atoms with E-state index in [1.807, 2.05) is 24.9 Å². The number of nitrogens with one attached hydrogen (secondary N) is 3. The molecule has 9 nitrogen and oxygen atoms in total. The summed E-state index contributed by atoms with van der Waals surface area (Å²) in [5.74, 6) is 2.05. The highest BCUT2D eigenvalue weighted by molar-refractivity contribution is 5.92. The highest BCUT2D eigenvalue weighted by Crippen LogP contribution is 2.34. The molecule has 1 unspecified atom stereocenters. The Hall–Kier alpha value is -4.66. The van der Waals surface area contributed by atoms with Crippen molar-refractivity contribution in [3.63, 3.8) is 0 Å². The average Bonchev–Trinajstić information content (AvgIpc) is 3.84. The molecule has 6 rings (SSSR count). The first-order valence-electron chi connectivity index (χ1n) is 16.5. The Morgan fingerprint density at radius 1 is 1.00 bits per heavy atom. The molecule has 0 spiro atoms. The Morgan fingerprint density at radius 3 is 2.46 bits per heavy atom. The van der Waals surface area contributed by atoms with E-state index in [9.17, 15) is 9.59 Å². The van der Waals surface area contributed by atoms with Gasteiger partial charge in [0.15, 0.2) is 0 Å². The first-order chi connectivity index (χ1) is 22.2. The molecule has 240 valence electrons. The first-order valence-corrected chi connectivity index (χ1v) is 16.5. The number of alkyl carbamates (subject to hydrolysis) is 1. The standard InChI is InChI=1S/C37H44N6O3/c1-6-7-9-23(4)34-39-29-16-15-27(20-30(29)40-34)25-11-12-26-19-28(14-13-24(26)18-25)31-21-38-35(41-31)32-10-8-17-43(32)36(44)33(22(2)3)42-37(45)46-5/h11-16,18-23,32-33H,6-10,17H2,1-5H3,(H,38,41)(H,39,40)(H,42,45)/t23-,32?,33-/m0/s1. The SMILES string of the molecule is CCCC[C@H](C)c1nc2ccc(-c3ccc4cc(-c5cnc(C6CCCN6C(=O)[C@@H](NC(=O)OC)C(C)C)[nH]5)ccc4c3)cc2[nH]1. The van der Waals surface area contributed by atoms with Gasteiger partial charge in [-0.3, -0.25) is 4.79 Å². The quantitative estimate of drug-likeness (QED) is 0.146. The van der Waals surface area contributed by atoms with Gasteiger partial charge in [0.25, 0.3) is 0 Å². The second kappa shape index (κ2) is 13.4. The fourth-order valence-electron chi connectivity index (χ4n) is 6.53. The summed E-state index contributed by atoms with van der Waals surface area (Å²) < 4.78 is 4.76. The van der Waals surface area contributed by atoms with Crippen LogP contribution in [0.15, 0.2) is 60.8 Å². The lowest BCUT2D eigenvalue weighted by atomic mass is 9.99. The third kappa shape index (κ3) is 6.36. The summed E-state index contributed by atoms with van der Waals surface area (Å²) in [6, 6.07) is 18.6. The molecular formula is C37H44N6O3. The van der Waals surface area contributed by atoms with E-state index >= 15 is 0 Å². The van der Waals surface area contributed by atoms with Crippen molar-refractivity contribution in [2.45, 2.75) is 77.8 Å². The fraction of sp³-hybridized carbons (Fsp3) is 0.405. The van der Waals surface area contributed by atoms with Crippen LogP contribution in [0.1, 0.15) is 83.4 Å². The summed E-state index contributed by atoms with van der Waals surface area (Å²) in [4.78, 5) is 43.9. The molecule has 3 heterocycles. The highest BCUT2D eigenvalue weighted by Gasteiger charge is 2.37. The number of ether oxygens (including phenoxy) is 1. The second-order valence-electron chi connectivity index (χ2n) is 12.9. The molecule has 1 aliphatic heterocycles. The van der Waals surface area contributed by atoms with Gasteiger partial charge < -0.3 is 24.9 Å². The number of imidazole rings is 2. The number of methoxy groups -OCH3 is 1. The normalized spacial score (nSPS) is 16.3. The van der Waals surface area contributed by atoms with Gasteiger partial charge in [-0.05, 0) is 71.3 Å². The third-order valence-electron chi connectivity index (χ3n) is 9.28. The fourth-order valence-corrected chi connectivity index (χ4v) is 6.53. The summed E-state index contributed by atoms with van der Waals surface area (Å²) in [6.45, 7) is 8.93. The van der Waals surface area contributed by atoms with E-state index in [0.29, 0.717) is 12.5 Å². The van der Waals surface area contributed by atoms with E-state index in [1.165, 1.54) is 20.0 Å². The zero-order chi connectivity index (χ0) is 32.4. The maximum Gasteiger partial charge on any atom is 0.407 e. The number of hydrogen-bond acceptors (Lipinski definition) is 5. The lowest BCUT2D eigenvalue weighted by Crippen LogP contribution is -2.51. The Kier molecular flexibility index (Phi) is 9.10. The summed E-state index contributed by atoms with van der Waals surface area (Å²) in [7, 11) is 1.30. The summed E-state index contributed by atoms with van der Waals surface area (Å²) in [5.41, 5.74) is 6.34. The average molecular weight is 621 g/mol. The van der Waals surface area contributed by atoms with Gasteiger partial charge in [-0.25, -0.2) is 14.8 Å². The van der Waals surface area contributed by atoms with E-state index in [-0.39, 0.29) is 17.9 Å². The summed E-state index contributed by atoms with van der Waals surface area (Å²) >= 11 is 0. The van der Waals surface area contributed by atoms with Gasteiger partial charge in [0.2, 0.25) is 5.91 Å². The number of benzene rings is 3. The molecule has 3 aromatic carbocycles. The smallest absolute Gasteiger partial charge is 0.407 e. The van der Waals surface area contributed by atoms with Gasteiger partial charge in [-0.15, -0.1) is 0 Å². The Labute approximate surface area is 270 Å². The molecule has 0 saturated carbocycles. The number of likely N-dealkylation sites (tertiary alicyclic amines) is 1. The van der Waals surface area contributed by atoms with E-state index in [0.717, 1.165) is 75.1 Å². The number of fused-ring (bicyclic) bond motifs is 2. The maximum absolute atomic E-state index is 13.5. The molecule has 0 radical (unpaired) electrons. The minimum absolute atomic E-state index is 0.0801. The van der Waals surface area contributed by atoms with Crippen LogP contribution >= 0.6 is 0 Å². The Morgan fingerprint density at radius 2 is 1.72 bits per heavy atom. The lowest BCUT2D eigenvalue weighted by molar-refractivity contribution is -0.135. The minimum Gasteiger partial charge on any atom is -0.453 e. The maximum atomic E-state index is 13.5. The lowest BCUT2D eigenvalue weighted by Gasteiger charge is -2.30. The van der Waals surface area contributed by atoms with E-state index in [4.69, 9.17) is 14.7 Å². The molecule has 0 bridgehead atoms. The summed E-state index contributed by atoms with van der Waals surface area (Å²) in [5, 5.41) is 5.00. The van der Waals surface area contributed by atoms with Crippen molar-refractivity contribution in [2.75, 3.05) is 13.7 Å². The zero-order valence-electron chi connectivity index (χ0n) is 27.4. The van der Waals surface area contributed by atoms with Crippen LogP contribution in [0.3, 0.4) is 0 Å². The molecular weight excluding hydrogens is 576 g/mol. The molecule has 9 heteroatoms. The highest BCUT2D eigenvalue weighted by atomic mass is 16.5. The van der Waals surface area contributed by atoms with Crippen molar-refractivity contribution >= 4 is 33.8 Å². The van der Waals surface area contributed by atoms with Crippen molar-refractivity contribution in [3.05, 3.63) is 72.4 Å². The Balaban J connectivity index is 1.20. The van der Waals surface area contributed by atoms with Crippen molar-refractivity contribution in [3.8, 4) is 22.4 Å². The molecule has 1 saturated heterocycles. The van der Waals surface area contributed by atoms with Crippen LogP contribution < -0.4 is 5.32 Å². The number of aromatic nitrogens is 4. The van der Waals surface area contributed by atoms with Crippen LogP contribution in [-0.2, 0) is 9.53 Å². The van der Waals surface area contributed by atoms with Crippen molar-refractivity contribution in [1.29, 1.82) is 0 Å². The first kappa shape index (κ1) is 31.3. The van der Waals surface area contributed by atoms with Gasteiger partial charge >= 0.3 is 6.09 Å². The largest absolute Gasteiger partial charge is 0.453 e. The van der Waals surface area contributed by atoms with Gasteiger partial charge in [-0.2, -0.15) is 0 Å². The van der Waals surface area contributed by atoms with Gasteiger partial charge in [0.05, 0.1) is 36.1 Å². The number of rotatable bonds is 10. The van der Waals surface area contributed by atoms with Crippen LogP contribution in [0.4, 0.5) is 4.79 Å². The molecule has 0 aliphatic carbocycles. The molecule has 2 amide bonds. The number of unbranched alkanes of at least 4 members (excludes halogenated alkanes) is 1. The Bertz CT molecular complexity index is 1860. The van der Waals surface area contributed by atoms with E-state index < -0.39 is 12.1 Å². The van der Waals surface area contributed by atoms with Crippen LogP contribution in [0.25, 0.3) is 44.2 Å². The number of H-pyrrole nitrogens is 2. The molecule has 5 aromatic rings. The number of amides is 2. The third-order valence-corrected chi connectivity index (χ3v) is 9.28. The van der Waals surface area contributed by atoms with Gasteiger partial charge in [-0.1, -0.05) is 70.9 Å². The number of nitrogens with zero attached hydrogens (tertiary/aromatic N) is 3. The molecule has 3 atom stereocenters. The van der Waals surface area contributed by atoms with Gasteiger partial charge in [0.1, 0.15) is 17.7 Å². The van der Waals surface area contributed by atoms with Crippen molar-refractivity contribution < 1.29 is 14.3 Å². The predicted molar refractivity (Wildman–Crippen MR) is 182 cm³/mol. The monoisotopic (exact) mass is 620 g/mol. The van der Waals surface area contributed by atoms with Crippen LogP contribution in [0.5, 0.6) is 0 Å². The predicted octanol–water partition coefficient (Wildman–Crippen LogP) is 8.11. The molecule has 1 aliphatic rings. The van der Waals surface area contributed by atoms with E-state index in [1.54, 1.807) is 0 Å². The van der Waals surface area contributed by atoms with Crippen molar-refractivity contribution in [1.82, 2.24) is 30.2 Å². The molecule has 1 fully saturated rings. The van der Waals surface area contributed by atoms with Crippen molar-refractivity contribution in [2.24, 2.45) is 5.92 Å². The minimum atomic E-state index is -0.661. The molecule has 3 N–H and O–H groups in total. The molecule has 2 aromatic heterocycles. The number of aromatic amines is 2. The van der Waals surface area contributed by atoms with Gasteiger partial charge in [0, 0.05) is 18.0 Å². The number of carbonyl (C=O) groups is 2. The molecule has 46 heavy (non-hydrogen) atoms. The van der Waals surface area contributed by atoms with Crippen LogP contribution in [0, 0.1) is 5.92 Å². The van der Waals surface area contributed by atoms with Crippen LogP contribution in [-0.4, -0.2) is 56.5 Å². The van der Waals surface area contributed by atoms with Crippen LogP contribution in [0.2, 0.25) is 0 Å². The number of hydrogen-bond donors (Lipinski definition) is 3. The second-order valence-corrected chi connectivity index (χ2v) is 12.9. The topological polar surface area (TPSA) is 116 Å². The van der Waals surface area contributed by atoms with E-state index in [2.05, 4.69) is 83.7 Å². The number of carbonyl (C=O) groups excluding carboxylic acids is 2. The summed E-state index contributed by atoms with van der Waals surface area (Å²) in [6.07, 6.45) is 6.47. The zero-order valence-corrected chi connectivity index (χ0v) is 27.4.